The number of nitrogens with two attached hydrogens (primary N) is 1. The number of nitrogens with zero attached hydrogens (tertiary/aromatic N) is 1. The predicted molar refractivity (Wildman–Crippen MR) is 108 cm³/mol. The van der Waals surface area contributed by atoms with E-state index < -0.39 is 0 Å². The molecule has 0 aromatic carbocycles. The first kappa shape index (κ1) is 17.9. The minimum absolute atomic E-state index is 0.0623. The Hall–Kier alpha value is -1.46. The molecule has 2 aliphatic rings. The molecule has 2 heterocycles. The van der Waals surface area contributed by atoms with E-state index in [1.54, 1.807) is 16.9 Å². The zero-order valence-corrected chi connectivity index (χ0v) is 16.8. The first-order chi connectivity index (χ1) is 12.6. The Morgan fingerprint density at radius 1 is 1.38 bits per heavy atom. The van der Waals surface area contributed by atoms with Crippen LogP contribution in [0.2, 0.25) is 0 Å². The fourth-order valence-electron chi connectivity index (χ4n) is 4.34. The number of aromatic nitrogens is 2. The highest BCUT2D eigenvalue weighted by Crippen LogP contribution is 2.35. The third-order valence-corrected chi connectivity index (χ3v) is 7.13. The highest BCUT2D eigenvalue weighted by molar-refractivity contribution is 7.18. The van der Waals surface area contributed by atoms with E-state index in [0.29, 0.717) is 0 Å². The van der Waals surface area contributed by atoms with Crippen molar-refractivity contribution in [2.45, 2.75) is 71.3 Å². The maximum Gasteiger partial charge on any atom is 0.260 e. The highest BCUT2D eigenvalue weighted by atomic mass is 32.1. The number of H-pyrrole nitrogens is 1. The van der Waals surface area contributed by atoms with Crippen molar-refractivity contribution in [3.8, 4) is 0 Å². The lowest BCUT2D eigenvalue weighted by Gasteiger charge is -2.17. The van der Waals surface area contributed by atoms with E-state index in [2.05, 4.69) is 30.2 Å². The summed E-state index contributed by atoms with van der Waals surface area (Å²) in [6.07, 6.45) is 12.1. The lowest BCUT2D eigenvalue weighted by atomic mass is 9.89. The van der Waals surface area contributed by atoms with Gasteiger partial charge in [0.15, 0.2) is 5.82 Å². The Kier molecular flexibility index (Phi) is 5.28. The van der Waals surface area contributed by atoms with E-state index in [1.165, 1.54) is 42.5 Å². The topological polar surface area (TPSA) is 62.4 Å². The molecule has 0 fully saturated rings. The van der Waals surface area contributed by atoms with Crippen LogP contribution in [0.25, 0.3) is 10.2 Å². The summed E-state index contributed by atoms with van der Waals surface area (Å²) in [7, 11) is 0. The van der Waals surface area contributed by atoms with Crippen molar-refractivity contribution in [1.82, 2.24) is 9.97 Å². The molecule has 3 N–H and O–H groups in total. The molecule has 2 aromatic rings. The van der Waals surface area contributed by atoms with Crippen molar-refractivity contribution in [3.63, 3.8) is 0 Å². The number of rotatable bonds is 5. The lowest BCUT2D eigenvalue weighted by Crippen LogP contribution is -2.85. The average molecular weight is 373 g/mol. The van der Waals surface area contributed by atoms with Crippen molar-refractivity contribution in [1.29, 1.82) is 0 Å². The molecule has 2 aliphatic carbocycles. The summed E-state index contributed by atoms with van der Waals surface area (Å²) in [6.45, 7) is 5.51. The maximum atomic E-state index is 12.7. The Morgan fingerprint density at radius 2 is 2.27 bits per heavy atom. The molecule has 2 aromatic heterocycles. The summed E-state index contributed by atoms with van der Waals surface area (Å²) in [5.74, 6) is 1.54. The molecule has 26 heavy (non-hydrogen) atoms. The van der Waals surface area contributed by atoms with Crippen molar-refractivity contribution >= 4 is 21.6 Å². The molecule has 4 nitrogen and oxygen atoms in total. The number of thiophene rings is 1. The van der Waals surface area contributed by atoms with Crippen molar-refractivity contribution < 1.29 is 5.32 Å². The molecule has 0 spiro atoms. The number of aromatic amines is 1. The summed E-state index contributed by atoms with van der Waals surface area (Å²) >= 11 is 1.74. The van der Waals surface area contributed by atoms with E-state index >= 15 is 0 Å². The molecule has 0 amide bonds. The predicted octanol–water partition coefficient (Wildman–Crippen LogP) is 3.62. The van der Waals surface area contributed by atoms with E-state index in [1.807, 2.05) is 0 Å². The van der Waals surface area contributed by atoms with Gasteiger partial charge in [0.05, 0.1) is 11.9 Å². The van der Waals surface area contributed by atoms with E-state index in [4.69, 9.17) is 4.98 Å². The number of hydrogen-bond donors (Lipinski definition) is 2. The van der Waals surface area contributed by atoms with Crippen LogP contribution in [0.1, 0.15) is 74.7 Å². The van der Waals surface area contributed by atoms with Crippen LogP contribution in [0.5, 0.6) is 0 Å². The van der Waals surface area contributed by atoms with Crippen LogP contribution in [0, 0.1) is 5.92 Å². The van der Waals surface area contributed by atoms with Crippen LogP contribution in [0.3, 0.4) is 0 Å². The minimum atomic E-state index is 0.0623. The van der Waals surface area contributed by atoms with Gasteiger partial charge in [0.25, 0.3) is 5.56 Å². The Balaban J connectivity index is 1.49. The molecule has 0 bridgehead atoms. The lowest BCUT2D eigenvalue weighted by molar-refractivity contribution is -0.693. The molecule has 140 valence electrons. The van der Waals surface area contributed by atoms with E-state index in [9.17, 15) is 4.79 Å². The SMILES string of the molecule is C[C@H]1CCc2c(sc3nc([C@H](C)[NH2+]CCC4=CCCCC4)[nH]c(=O)c23)C1. The number of hydrogen-bond acceptors (Lipinski definition) is 3. The second kappa shape index (κ2) is 7.65. The van der Waals surface area contributed by atoms with E-state index in [0.717, 1.165) is 47.8 Å². The van der Waals surface area contributed by atoms with Crippen molar-refractivity contribution in [2.24, 2.45) is 5.92 Å². The van der Waals surface area contributed by atoms with Crippen LogP contribution in [-0.2, 0) is 12.8 Å². The van der Waals surface area contributed by atoms with Gasteiger partial charge >= 0.3 is 0 Å². The molecule has 0 unspecified atom stereocenters. The monoisotopic (exact) mass is 372 g/mol. The zero-order valence-electron chi connectivity index (χ0n) is 15.9. The quantitative estimate of drug-likeness (QED) is 0.788. The van der Waals surface area contributed by atoms with Crippen LogP contribution < -0.4 is 10.9 Å². The summed E-state index contributed by atoms with van der Waals surface area (Å²) in [5.41, 5.74) is 2.94. The van der Waals surface area contributed by atoms with Gasteiger partial charge < -0.3 is 10.3 Å². The Morgan fingerprint density at radius 3 is 3.08 bits per heavy atom. The van der Waals surface area contributed by atoms with Gasteiger partial charge in [0.2, 0.25) is 0 Å². The van der Waals surface area contributed by atoms with Gasteiger partial charge in [-0.25, -0.2) is 4.98 Å². The second-order valence-corrected chi connectivity index (χ2v) is 9.24. The van der Waals surface area contributed by atoms with Gasteiger partial charge in [-0.3, -0.25) is 4.79 Å². The molecule has 2 atom stereocenters. The van der Waals surface area contributed by atoms with Gasteiger partial charge in [-0.15, -0.1) is 11.3 Å². The first-order valence-electron chi connectivity index (χ1n) is 10.2. The van der Waals surface area contributed by atoms with Gasteiger partial charge in [0, 0.05) is 11.3 Å². The minimum Gasteiger partial charge on any atom is -0.337 e. The molecular formula is C21H30N3OS+. The molecule has 0 saturated heterocycles. The second-order valence-electron chi connectivity index (χ2n) is 8.15. The maximum absolute atomic E-state index is 12.7. The fraction of sp³-hybridized carbons (Fsp3) is 0.619. The molecule has 0 aliphatic heterocycles. The van der Waals surface area contributed by atoms with Crippen LogP contribution in [-0.4, -0.2) is 16.5 Å². The Bertz CT molecular complexity index is 879. The third kappa shape index (κ3) is 3.65. The van der Waals surface area contributed by atoms with Gasteiger partial charge in [-0.2, -0.15) is 0 Å². The molecule has 0 saturated carbocycles. The third-order valence-electron chi connectivity index (χ3n) is 5.99. The van der Waals surface area contributed by atoms with Crippen LogP contribution in [0.4, 0.5) is 0 Å². The summed E-state index contributed by atoms with van der Waals surface area (Å²) in [4.78, 5) is 23.0. The van der Waals surface area contributed by atoms with Gasteiger partial charge in [0.1, 0.15) is 10.9 Å². The normalized spacial score (nSPS) is 21.5. The van der Waals surface area contributed by atoms with Crippen LogP contribution in [0.15, 0.2) is 16.4 Å². The fourth-order valence-corrected chi connectivity index (χ4v) is 5.73. The number of quaternary nitrogens is 1. The summed E-state index contributed by atoms with van der Waals surface area (Å²) in [5, 5.41) is 3.18. The molecule has 0 radical (unpaired) electrons. The summed E-state index contributed by atoms with van der Waals surface area (Å²) in [6, 6.07) is 0.189. The summed E-state index contributed by atoms with van der Waals surface area (Å²) < 4.78 is 0. The standard InChI is InChI=1S/C21H29N3OS/c1-13-8-9-16-17(12-13)26-21-18(16)20(25)23-19(24-21)14(2)22-11-10-15-6-4-3-5-7-15/h6,13-14,22H,3-5,7-12H2,1-2H3,(H,23,24,25)/p+1/t13-,14-/m0/s1. The van der Waals surface area contributed by atoms with Crippen molar-refractivity contribution in [3.05, 3.63) is 38.3 Å². The smallest absolute Gasteiger partial charge is 0.260 e. The number of allylic oxidation sites excluding steroid dienone is 1. The van der Waals surface area contributed by atoms with E-state index in [-0.39, 0.29) is 11.6 Å². The largest absolute Gasteiger partial charge is 0.337 e. The van der Waals surface area contributed by atoms with Gasteiger partial charge in [-0.1, -0.05) is 18.6 Å². The molecule has 5 heteroatoms. The zero-order chi connectivity index (χ0) is 18.1. The molecular weight excluding hydrogens is 342 g/mol. The van der Waals surface area contributed by atoms with Crippen LogP contribution >= 0.6 is 11.3 Å². The Labute approximate surface area is 159 Å². The average Bonchev–Trinajstić information content (AvgIpc) is 3.00. The number of fused-ring (bicyclic) bond motifs is 3. The number of nitrogens with one attached hydrogen (secondary N) is 1. The number of aryl methyl sites for hydroxylation is 1. The highest BCUT2D eigenvalue weighted by Gasteiger charge is 2.24. The van der Waals surface area contributed by atoms with Gasteiger partial charge in [-0.05, 0) is 63.4 Å². The van der Waals surface area contributed by atoms with Crippen molar-refractivity contribution in [2.75, 3.05) is 6.54 Å². The molecule has 4 rings (SSSR count). The first-order valence-corrected chi connectivity index (χ1v) is 11.0.